The highest BCUT2D eigenvalue weighted by atomic mass is 35.5. The fourth-order valence-corrected chi connectivity index (χ4v) is 3.97. The van der Waals surface area contributed by atoms with Crippen LogP contribution >= 0.6 is 11.6 Å². The highest BCUT2D eigenvalue weighted by molar-refractivity contribution is 6.29. The van der Waals surface area contributed by atoms with Gasteiger partial charge in [-0.05, 0) is 24.1 Å². The van der Waals surface area contributed by atoms with E-state index in [1.54, 1.807) is 51.3 Å². The minimum Gasteiger partial charge on any atom is -0.495 e. The molecule has 0 bridgehead atoms. The molecule has 186 valence electrons. The molecule has 0 amide bonds. The van der Waals surface area contributed by atoms with Gasteiger partial charge in [-0.1, -0.05) is 18.5 Å². The van der Waals surface area contributed by atoms with Crippen molar-refractivity contribution in [1.29, 1.82) is 0 Å². The number of halogens is 1. The molecule has 0 radical (unpaired) electrons. The molecule has 0 unspecified atom stereocenters. The van der Waals surface area contributed by atoms with E-state index < -0.39 is 0 Å². The molecule has 0 spiro atoms. The molecule has 1 fully saturated rings. The standard InChI is InChI=1S/C15H18N4O.C11H10ClN3O/c1-10-8-19(9-10)15-4-14(16)13(7-18-15)11-3-12(20-2)6-17-5-11;1-16-8-2-7(4-14-5-8)9-6-15-11(12)3-10(9)13/h3-7,10H,8-9H2,1-2H3,(H2,16,18);2-6H,1H3,(H2,13,15). The Morgan fingerprint density at radius 3 is 1.78 bits per heavy atom. The first-order valence-electron chi connectivity index (χ1n) is 11.3. The zero-order chi connectivity index (χ0) is 25.7. The number of pyridine rings is 4. The molecule has 5 rings (SSSR count). The number of hydrogen-bond acceptors (Lipinski definition) is 9. The second kappa shape index (κ2) is 11.1. The average molecular weight is 506 g/mol. The van der Waals surface area contributed by atoms with Crippen LogP contribution in [0.25, 0.3) is 22.3 Å². The first-order valence-corrected chi connectivity index (χ1v) is 11.7. The third-order valence-corrected chi connectivity index (χ3v) is 5.94. The number of aromatic nitrogens is 4. The van der Waals surface area contributed by atoms with Crippen LogP contribution in [0.15, 0.2) is 61.4 Å². The van der Waals surface area contributed by atoms with Crippen molar-refractivity contribution in [3.05, 3.63) is 66.6 Å². The lowest BCUT2D eigenvalue weighted by Gasteiger charge is -2.38. The van der Waals surface area contributed by atoms with Crippen LogP contribution in [-0.4, -0.2) is 47.2 Å². The number of ether oxygens (including phenoxy) is 2. The molecule has 10 heteroatoms. The normalized spacial score (nSPS) is 12.8. The first kappa shape index (κ1) is 25.0. The smallest absolute Gasteiger partial charge is 0.137 e. The van der Waals surface area contributed by atoms with Crippen LogP contribution in [0, 0.1) is 5.92 Å². The third kappa shape index (κ3) is 5.75. The minimum absolute atomic E-state index is 0.372. The summed E-state index contributed by atoms with van der Waals surface area (Å²) in [6.45, 7) is 4.33. The summed E-state index contributed by atoms with van der Waals surface area (Å²) in [6, 6.07) is 7.29. The van der Waals surface area contributed by atoms with E-state index in [0.29, 0.717) is 28.0 Å². The van der Waals surface area contributed by atoms with E-state index in [0.717, 1.165) is 47.1 Å². The number of nitrogen functional groups attached to an aromatic ring is 2. The summed E-state index contributed by atoms with van der Waals surface area (Å²) in [5.41, 5.74) is 16.7. The maximum Gasteiger partial charge on any atom is 0.137 e. The van der Waals surface area contributed by atoms with E-state index in [1.165, 1.54) is 0 Å². The van der Waals surface area contributed by atoms with Crippen LogP contribution in [0.5, 0.6) is 11.5 Å². The SMILES string of the molecule is COc1cncc(-c2cnc(Cl)cc2N)c1.COc1cncc(-c2cnc(N3CC(C)C3)cc2N)c1. The van der Waals surface area contributed by atoms with Gasteiger partial charge in [0.1, 0.15) is 22.5 Å². The molecule has 0 saturated carbocycles. The Balaban J connectivity index is 0.000000174. The van der Waals surface area contributed by atoms with Gasteiger partial charge in [0.25, 0.3) is 0 Å². The number of nitrogens with two attached hydrogens (primary N) is 2. The zero-order valence-corrected chi connectivity index (χ0v) is 21.1. The van der Waals surface area contributed by atoms with E-state index in [9.17, 15) is 0 Å². The van der Waals surface area contributed by atoms with Gasteiger partial charge in [-0.2, -0.15) is 0 Å². The number of hydrogen-bond donors (Lipinski definition) is 2. The van der Waals surface area contributed by atoms with Gasteiger partial charge >= 0.3 is 0 Å². The molecule has 0 aromatic carbocycles. The molecule has 4 aromatic rings. The number of rotatable bonds is 5. The minimum atomic E-state index is 0.372. The summed E-state index contributed by atoms with van der Waals surface area (Å²) in [6.07, 6.45) is 10.2. The molecule has 1 aliphatic heterocycles. The van der Waals surface area contributed by atoms with Crippen molar-refractivity contribution in [2.75, 3.05) is 43.7 Å². The van der Waals surface area contributed by atoms with E-state index in [4.69, 9.17) is 32.5 Å². The molecule has 1 aliphatic rings. The molecular formula is C26H28ClN7O2. The second-order valence-corrected chi connectivity index (χ2v) is 8.85. The fourth-order valence-electron chi connectivity index (χ4n) is 3.80. The molecule has 4 aromatic heterocycles. The van der Waals surface area contributed by atoms with Crippen LogP contribution in [0.1, 0.15) is 6.92 Å². The van der Waals surface area contributed by atoms with Gasteiger partial charge in [0.15, 0.2) is 0 Å². The Morgan fingerprint density at radius 1 is 0.778 bits per heavy atom. The Labute approximate surface area is 215 Å². The van der Waals surface area contributed by atoms with E-state index in [-0.39, 0.29) is 0 Å². The molecule has 5 heterocycles. The second-order valence-electron chi connectivity index (χ2n) is 8.46. The zero-order valence-electron chi connectivity index (χ0n) is 20.4. The quantitative estimate of drug-likeness (QED) is 0.375. The maximum atomic E-state index is 6.16. The summed E-state index contributed by atoms with van der Waals surface area (Å²) in [5, 5.41) is 0.372. The average Bonchev–Trinajstić information content (AvgIpc) is 2.87. The van der Waals surface area contributed by atoms with Crippen molar-refractivity contribution in [2.24, 2.45) is 5.92 Å². The molecule has 9 nitrogen and oxygen atoms in total. The molecular weight excluding hydrogens is 478 g/mol. The Bertz CT molecular complexity index is 1350. The van der Waals surface area contributed by atoms with Gasteiger partial charge in [-0.3, -0.25) is 9.97 Å². The lowest BCUT2D eigenvalue weighted by atomic mass is 10.0. The predicted octanol–water partition coefficient (Wildman–Crippen LogP) is 4.58. The topological polar surface area (TPSA) is 125 Å². The highest BCUT2D eigenvalue weighted by Crippen LogP contribution is 2.31. The highest BCUT2D eigenvalue weighted by Gasteiger charge is 2.24. The van der Waals surface area contributed by atoms with E-state index in [2.05, 4.69) is 31.8 Å². The molecule has 1 saturated heterocycles. The van der Waals surface area contributed by atoms with E-state index in [1.807, 2.05) is 24.4 Å². The Hall–Kier alpha value is -4.11. The van der Waals surface area contributed by atoms with Gasteiger partial charge in [0.05, 0.1) is 26.6 Å². The van der Waals surface area contributed by atoms with Crippen LogP contribution in [0.4, 0.5) is 17.2 Å². The van der Waals surface area contributed by atoms with Crippen LogP contribution in [0.2, 0.25) is 5.15 Å². The van der Waals surface area contributed by atoms with Crippen molar-refractivity contribution in [1.82, 2.24) is 19.9 Å². The van der Waals surface area contributed by atoms with Crippen LogP contribution < -0.4 is 25.8 Å². The fraction of sp³-hybridized carbons (Fsp3) is 0.231. The lowest BCUT2D eigenvalue weighted by molar-refractivity contribution is 0.413. The summed E-state index contributed by atoms with van der Waals surface area (Å²) in [4.78, 5) is 18.9. The van der Waals surface area contributed by atoms with Crippen LogP contribution in [-0.2, 0) is 0 Å². The summed E-state index contributed by atoms with van der Waals surface area (Å²) in [5.74, 6) is 3.06. The van der Waals surface area contributed by atoms with Crippen molar-refractivity contribution in [3.63, 3.8) is 0 Å². The predicted molar refractivity (Wildman–Crippen MR) is 143 cm³/mol. The van der Waals surface area contributed by atoms with Crippen molar-refractivity contribution in [3.8, 4) is 33.8 Å². The number of methoxy groups -OCH3 is 2. The lowest BCUT2D eigenvalue weighted by Crippen LogP contribution is -2.45. The monoisotopic (exact) mass is 505 g/mol. The van der Waals surface area contributed by atoms with Crippen molar-refractivity contribution in [2.45, 2.75) is 6.92 Å². The Kier molecular flexibility index (Phi) is 7.70. The largest absolute Gasteiger partial charge is 0.495 e. The third-order valence-electron chi connectivity index (χ3n) is 5.73. The maximum absolute atomic E-state index is 6.16. The molecule has 0 aliphatic carbocycles. The molecule has 4 N–H and O–H groups in total. The van der Waals surface area contributed by atoms with Gasteiger partial charge in [0, 0.05) is 77.6 Å². The van der Waals surface area contributed by atoms with Gasteiger partial charge in [-0.25, -0.2) is 9.97 Å². The summed E-state index contributed by atoms with van der Waals surface area (Å²) < 4.78 is 10.3. The van der Waals surface area contributed by atoms with Gasteiger partial charge < -0.3 is 25.8 Å². The first-order chi connectivity index (χ1) is 17.4. The number of anilines is 3. The molecule has 36 heavy (non-hydrogen) atoms. The molecule has 0 atom stereocenters. The summed E-state index contributed by atoms with van der Waals surface area (Å²) >= 11 is 5.73. The Morgan fingerprint density at radius 2 is 1.31 bits per heavy atom. The van der Waals surface area contributed by atoms with E-state index >= 15 is 0 Å². The summed E-state index contributed by atoms with van der Waals surface area (Å²) in [7, 11) is 3.21. The number of nitrogens with zero attached hydrogens (tertiary/aromatic N) is 5. The van der Waals surface area contributed by atoms with Crippen molar-refractivity contribution < 1.29 is 9.47 Å². The van der Waals surface area contributed by atoms with Crippen LogP contribution in [0.3, 0.4) is 0 Å². The van der Waals surface area contributed by atoms with Crippen molar-refractivity contribution >= 4 is 28.8 Å². The van der Waals surface area contributed by atoms with Gasteiger partial charge in [-0.15, -0.1) is 0 Å². The van der Waals surface area contributed by atoms with Gasteiger partial charge in [0.2, 0.25) is 0 Å².